The Bertz CT molecular complexity index is 851. The molecule has 1 N–H and O–H groups in total. The average Bonchev–Trinajstić information content (AvgIpc) is 3.08. The molecule has 7 heteroatoms. The van der Waals surface area contributed by atoms with Gasteiger partial charge in [-0.15, -0.1) is 0 Å². The summed E-state index contributed by atoms with van der Waals surface area (Å²) in [5.41, 5.74) is 2.05. The van der Waals surface area contributed by atoms with Crippen molar-refractivity contribution in [1.29, 1.82) is 0 Å². The van der Waals surface area contributed by atoms with Gasteiger partial charge in [0.2, 0.25) is 5.91 Å². The number of anilines is 2. The highest BCUT2D eigenvalue weighted by Gasteiger charge is 2.21. The van der Waals surface area contributed by atoms with E-state index in [0.29, 0.717) is 23.7 Å². The summed E-state index contributed by atoms with van der Waals surface area (Å²) in [6.45, 7) is 0.303. The smallest absolute Gasteiger partial charge is 0.310 e. The van der Waals surface area contributed by atoms with Crippen molar-refractivity contribution in [2.45, 2.75) is 19.3 Å². The normalized spacial score (nSPS) is 13.5. The minimum atomic E-state index is -0.496. The van der Waals surface area contributed by atoms with E-state index in [1.54, 1.807) is 47.4 Å². The van der Waals surface area contributed by atoms with Gasteiger partial charge in [0.05, 0.1) is 6.42 Å². The van der Waals surface area contributed by atoms with Crippen LogP contribution in [-0.2, 0) is 25.5 Å². The van der Waals surface area contributed by atoms with Gasteiger partial charge in [-0.25, -0.2) is 0 Å². The molecule has 0 aliphatic carbocycles. The Morgan fingerprint density at radius 1 is 1.15 bits per heavy atom. The first-order valence-corrected chi connectivity index (χ1v) is 8.99. The van der Waals surface area contributed by atoms with E-state index in [2.05, 4.69) is 5.32 Å². The van der Waals surface area contributed by atoms with Gasteiger partial charge in [0.25, 0.3) is 5.91 Å². The van der Waals surface area contributed by atoms with Gasteiger partial charge in [0.15, 0.2) is 6.61 Å². The Hall–Kier alpha value is -2.86. The highest BCUT2D eigenvalue weighted by Crippen LogP contribution is 2.24. The van der Waals surface area contributed by atoms with Crippen LogP contribution >= 0.6 is 11.6 Å². The lowest BCUT2D eigenvalue weighted by molar-refractivity contribution is -0.146. The summed E-state index contributed by atoms with van der Waals surface area (Å²) in [5, 5.41) is 3.26. The van der Waals surface area contributed by atoms with Gasteiger partial charge in [-0.05, 0) is 42.3 Å². The topological polar surface area (TPSA) is 75.7 Å². The lowest BCUT2D eigenvalue weighted by atomic mass is 10.1. The van der Waals surface area contributed by atoms with Crippen LogP contribution in [0.15, 0.2) is 48.5 Å². The molecule has 0 radical (unpaired) electrons. The van der Waals surface area contributed by atoms with Crippen LogP contribution in [0, 0.1) is 0 Å². The van der Waals surface area contributed by atoms with Crippen molar-refractivity contribution < 1.29 is 19.1 Å². The summed E-state index contributed by atoms with van der Waals surface area (Å²) < 4.78 is 5.01. The van der Waals surface area contributed by atoms with Gasteiger partial charge < -0.3 is 15.0 Å². The first-order valence-electron chi connectivity index (χ1n) is 8.61. The number of hydrogen-bond donors (Lipinski definition) is 1. The molecule has 1 fully saturated rings. The molecule has 6 nitrogen and oxygen atoms in total. The first-order chi connectivity index (χ1) is 13.0. The highest BCUT2D eigenvalue weighted by atomic mass is 35.5. The van der Waals surface area contributed by atoms with Crippen LogP contribution in [0.1, 0.15) is 18.4 Å². The fraction of sp³-hybridized carbons (Fsp3) is 0.250. The van der Waals surface area contributed by atoms with Gasteiger partial charge in [0.1, 0.15) is 0 Å². The summed E-state index contributed by atoms with van der Waals surface area (Å²) in [6.07, 6.45) is 1.44. The zero-order valence-electron chi connectivity index (χ0n) is 14.6. The van der Waals surface area contributed by atoms with E-state index in [0.717, 1.165) is 17.7 Å². The van der Waals surface area contributed by atoms with Crippen LogP contribution in [-0.4, -0.2) is 30.9 Å². The molecule has 0 bridgehead atoms. The molecule has 0 saturated carbocycles. The zero-order valence-corrected chi connectivity index (χ0v) is 15.4. The molecule has 140 valence electrons. The summed E-state index contributed by atoms with van der Waals surface area (Å²) in [5.74, 6) is -0.858. The second-order valence-electron chi connectivity index (χ2n) is 6.21. The summed E-state index contributed by atoms with van der Waals surface area (Å²) in [6, 6.07) is 13.9. The SMILES string of the molecule is O=C(COC(=O)Cc1ccc(Cl)cc1)Nc1cccc(N2CCCC2=O)c1. The fourth-order valence-electron chi connectivity index (χ4n) is 2.84. The number of halogens is 1. The number of rotatable bonds is 6. The van der Waals surface area contributed by atoms with Crippen LogP contribution < -0.4 is 10.2 Å². The number of carbonyl (C=O) groups excluding carboxylic acids is 3. The number of carbonyl (C=O) groups is 3. The third-order valence-corrected chi connectivity index (χ3v) is 4.39. The van der Waals surface area contributed by atoms with Gasteiger partial charge in [-0.3, -0.25) is 14.4 Å². The maximum atomic E-state index is 12.0. The standard InChI is InChI=1S/C20H19ClN2O4/c21-15-8-6-14(7-9-15)11-20(26)27-13-18(24)22-16-3-1-4-17(12-16)23-10-2-5-19(23)25/h1,3-4,6-9,12H,2,5,10-11,13H2,(H,22,24). The van der Waals surface area contributed by atoms with Crippen LogP contribution in [0.25, 0.3) is 0 Å². The second-order valence-corrected chi connectivity index (χ2v) is 6.65. The number of benzene rings is 2. The van der Waals surface area contributed by atoms with Crippen molar-refractivity contribution >= 4 is 40.8 Å². The van der Waals surface area contributed by atoms with E-state index in [-0.39, 0.29) is 18.9 Å². The van der Waals surface area contributed by atoms with E-state index < -0.39 is 11.9 Å². The largest absolute Gasteiger partial charge is 0.455 e. The van der Waals surface area contributed by atoms with E-state index in [4.69, 9.17) is 16.3 Å². The molecule has 3 rings (SSSR count). The fourth-order valence-corrected chi connectivity index (χ4v) is 2.96. The molecular formula is C20H19ClN2O4. The average molecular weight is 387 g/mol. The molecule has 0 atom stereocenters. The Balaban J connectivity index is 1.49. The quantitative estimate of drug-likeness (QED) is 0.773. The first kappa shape index (κ1) is 18.9. The molecule has 2 aromatic rings. The lowest BCUT2D eigenvalue weighted by Gasteiger charge is -2.16. The van der Waals surface area contributed by atoms with Crippen molar-refractivity contribution in [2.24, 2.45) is 0 Å². The second kappa shape index (κ2) is 8.68. The van der Waals surface area contributed by atoms with Crippen molar-refractivity contribution in [3.05, 3.63) is 59.1 Å². The maximum Gasteiger partial charge on any atom is 0.310 e. The van der Waals surface area contributed by atoms with Crippen molar-refractivity contribution in [1.82, 2.24) is 0 Å². The third kappa shape index (κ3) is 5.31. The molecule has 2 aromatic carbocycles. The van der Waals surface area contributed by atoms with Crippen LogP contribution in [0.4, 0.5) is 11.4 Å². The molecule has 27 heavy (non-hydrogen) atoms. The molecule has 1 heterocycles. The molecular weight excluding hydrogens is 368 g/mol. The summed E-state index contributed by atoms with van der Waals surface area (Å²) in [4.78, 5) is 37.4. The Kier molecular flexibility index (Phi) is 6.08. The minimum absolute atomic E-state index is 0.0665. The number of nitrogens with one attached hydrogen (secondary N) is 1. The Labute approximate surface area is 162 Å². The summed E-state index contributed by atoms with van der Waals surface area (Å²) in [7, 11) is 0. The van der Waals surface area contributed by atoms with Gasteiger partial charge in [-0.2, -0.15) is 0 Å². The van der Waals surface area contributed by atoms with Gasteiger partial charge in [-0.1, -0.05) is 29.8 Å². The number of amides is 2. The van der Waals surface area contributed by atoms with Crippen LogP contribution in [0.5, 0.6) is 0 Å². The molecule has 0 spiro atoms. The van der Waals surface area contributed by atoms with Gasteiger partial charge in [0, 0.05) is 29.4 Å². The lowest BCUT2D eigenvalue weighted by Crippen LogP contribution is -2.24. The van der Waals surface area contributed by atoms with Gasteiger partial charge >= 0.3 is 5.97 Å². The number of ether oxygens (including phenoxy) is 1. The third-order valence-electron chi connectivity index (χ3n) is 4.14. The van der Waals surface area contributed by atoms with E-state index in [9.17, 15) is 14.4 Å². The molecule has 0 unspecified atom stereocenters. The van der Waals surface area contributed by atoms with Crippen molar-refractivity contribution in [3.8, 4) is 0 Å². The Morgan fingerprint density at radius 2 is 1.93 bits per heavy atom. The van der Waals surface area contributed by atoms with E-state index >= 15 is 0 Å². The zero-order chi connectivity index (χ0) is 19.2. The number of hydrogen-bond acceptors (Lipinski definition) is 4. The Morgan fingerprint density at radius 3 is 2.63 bits per heavy atom. The molecule has 1 saturated heterocycles. The van der Waals surface area contributed by atoms with Crippen molar-refractivity contribution in [2.75, 3.05) is 23.4 Å². The molecule has 1 aliphatic rings. The maximum absolute atomic E-state index is 12.0. The predicted octanol–water partition coefficient (Wildman–Crippen LogP) is 3.19. The molecule has 1 aliphatic heterocycles. The van der Waals surface area contributed by atoms with E-state index in [1.165, 1.54) is 0 Å². The minimum Gasteiger partial charge on any atom is -0.455 e. The number of nitrogens with zero attached hydrogens (tertiary/aromatic N) is 1. The predicted molar refractivity (Wildman–Crippen MR) is 103 cm³/mol. The monoisotopic (exact) mass is 386 g/mol. The highest BCUT2D eigenvalue weighted by molar-refractivity contribution is 6.30. The molecule has 0 aromatic heterocycles. The molecule has 2 amide bonds. The number of esters is 1. The van der Waals surface area contributed by atoms with E-state index in [1.807, 2.05) is 6.07 Å². The van der Waals surface area contributed by atoms with Crippen molar-refractivity contribution in [3.63, 3.8) is 0 Å². The van der Waals surface area contributed by atoms with Crippen LogP contribution in [0.2, 0.25) is 5.02 Å². The summed E-state index contributed by atoms with van der Waals surface area (Å²) >= 11 is 5.80. The van der Waals surface area contributed by atoms with Crippen LogP contribution in [0.3, 0.4) is 0 Å².